The third-order valence-electron chi connectivity index (χ3n) is 3.31. The first-order valence-corrected chi connectivity index (χ1v) is 7.50. The Kier molecular flexibility index (Phi) is 5.14. The van der Waals surface area contributed by atoms with Crippen LogP contribution in [0.2, 0.25) is 10.0 Å². The zero-order chi connectivity index (χ0) is 15.6. The molecule has 0 fully saturated rings. The first-order valence-electron chi connectivity index (χ1n) is 6.74. The Hall–Kier alpha value is -1.23. The Morgan fingerprint density at radius 3 is 2.62 bits per heavy atom. The van der Waals surface area contributed by atoms with Gasteiger partial charge in [-0.2, -0.15) is 5.10 Å². The quantitative estimate of drug-likeness (QED) is 0.904. The van der Waals surface area contributed by atoms with Crippen molar-refractivity contribution in [2.75, 3.05) is 0 Å². The van der Waals surface area contributed by atoms with Crippen LogP contribution < -0.4 is 4.74 Å². The summed E-state index contributed by atoms with van der Waals surface area (Å²) in [5.74, 6) is 0.552. The number of hydrogen-bond acceptors (Lipinski definition) is 3. The molecule has 114 valence electrons. The van der Waals surface area contributed by atoms with Crippen LogP contribution in [0.3, 0.4) is 0 Å². The van der Waals surface area contributed by atoms with Gasteiger partial charge in [-0.3, -0.25) is 4.68 Å². The van der Waals surface area contributed by atoms with Crippen LogP contribution in [0, 0.1) is 0 Å². The van der Waals surface area contributed by atoms with Crippen LogP contribution in [-0.2, 0) is 20.1 Å². The molecule has 0 saturated heterocycles. The Balaban J connectivity index is 2.15. The number of hydrogen-bond donors (Lipinski definition) is 1. The molecule has 1 unspecified atom stereocenters. The lowest BCUT2D eigenvalue weighted by atomic mass is 10.1. The van der Waals surface area contributed by atoms with Gasteiger partial charge in [-0.05, 0) is 31.0 Å². The molecular formula is C15H18Cl2N2O2. The number of aliphatic hydroxyl groups excluding tert-OH is 1. The third-order valence-corrected chi connectivity index (χ3v) is 4.04. The number of aryl methyl sites for hydroxylation is 2. The number of halogens is 2. The average molecular weight is 329 g/mol. The van der Waals surface area contributed by atoms with Crippen LogP contribution in [0.25, 0.3) is 0 Å². The maximum absolute atomic E-state index is 9.52. The van der Waals surface area contributed by atoms with E-state index in [1.807, 2.05) is 14.0 Å². The lowest BCUT2D eigenvalue weighted by molar-refractivity contribution is 0.199. The molecular weight excluding hydrogens is 311 g/mol. The Morgan fingerprint density at radius 1 is 1.38 bits per heavy atom. The maximum Gasteiger partial charge on any atom is 0.138 e. The summed E-state index contributed by atoms with van der Waals surface area (Å²) >= 11 is 12.4. The number of ether oxygens (including phenoxy) is 1. The van der Waals surface area contributed by atoms with Gasteiger partial charge < -0.3 is 9.84 Å². The monoisotopic (exact) mass is 328 g/mol. The number of nitrogens with zero attached hydrogens (tertiary/aromatic N) is 2. The van der Waals surface area contributed by atoms with Gasteiger partial charge in [0.05, 0.1) is 27.5 Å². The second kappa shape index (κ2) is 6.69. The molecule has 1 atom stereocenters. The molecule has 0 aliphatic heterocycles. The van der Waals surface area contributed by atoms with Crippen LogP contribution in [0.5, 0.6) is 5.75 Å². The third kappa shape index (κ3) is 3.51. The van der Waals surface area contributed by atoms with E-state index in [4.69, 9.17) is 27.9 Å². The van der Waals surface area contributed by atoms with Gasteiger partial charge in [0.2, 0.25) is 0 Å². The molecule has 21 heavy (non-hydrogen) atoms. The molecule has 0 saturated carbocycles. The predicted octanol–water partition coefficient (Wildman–Crippen LogP) is 3.92. The molecule has 2 aromatic rings. The van der Waals surface area contributed by atoms with Gasteiger partial charge in [0, 0.05) is 7.05 Å². The molecule has 1 N–H and O–H groups in total. The van der Waals surface area contributed by atoms with Crippen LogP contribution in [0.15, 0.2) is 18.2 Å². The van der Waals surface area contributed by atoms with Crippen molar-refractivity contribution >= 4 is 23.2 Å². The molecule has 6 heteroatoms. The molecule has 1 heterocycles. The molecule has 0 radical (unpaired) electrons. The van der Waals surface area contributed by atoms with Crippen LogP contribution in [0.4, 0.5) is 0 Å². The van der Waals surface area contributed by atoms with Gasteiger partial charge in [0.1, 0.15) is 12.4 Å². The zero-order valence-corrected chi connectivity index (χ0v) is 13.7. The first kappa shape index (κ1) is 16.1. The minimum Gasteiger partial charge on any atom is -0.486 e. The summed E-state index contributed by atoms with van der Waals surface area (Å²) in [5, 5.41) is 15.0. The van der Waals surface area contributed by atoms with Crippen molar-refractivity contribution in [3.63, 3.8) is 0 Å². The molecule has 0 aliphatic carbocycles. The average Bonchev–Trinajstić information content (AvgIpc) is 2.72. The number of aliphatic hydroxyl groups is 1. The zero-order valence-electron chi connectivity index (χ0n) is 12.2. The van der Waals surface area contributed by atoms with Crippen LogP contribution in [0.1, 0.15) is 36.9 Å². The highest BCUT2D eigenvalue weighted by Crippen LogP contribution is 2.29. The molecule has 4 nitrogen and oxygen atoms in total. The van der Waals surface area contributed by atoms with Crippen molar-refractivity contribution in [1.29, 1.82) is 0 Å². The highest BCUT2D eigenvalue weighted by atomic mass is 35.5. The summed E-state index contributed by atoms with van der Waals surface area (Å²) in [6.45, 7) is 3.98. The lowest BCUT2D eigenvalue weighted by Gasteiger charge is -2.11. The van der Waals surface area contributed by atoms with E-state index in [9.17, 15) is 5.11 Å². The smallest absolute Gasteiger partial charge is 0.138 e. The van der Waals surface area contributed by atoms with Crippen molar-refractivity contribution in [3.8, 4) is 5.75 Å². The summed E-state index contributed by atoms with van der Waals surface area (Å²) in [6, 6.07) is 5.23. The summed E-state index contributed by atoms with van der Waals surface area (Å²) in [4.78, 5) is 0. The van der Waals surface area contributed by atoms with Gasteiger partial charge in [-0.25, -0.2) is 0 Å². The lowest BCUT2D eigenvalue weighted by Crippen LogP contribution is -2.04. The van der Waals surface area contributed by atoms with Gasteiger partial charge in [0.15, 0.2) is 0 Å². The van der Waals surface area contributed by atoms with E-state index >= 15 is 0 Å². The fraction of sp³-hybridized carbons (Fsp3) is 0.400. The molecule has 1 aromatic heterocycles. The highest BCUT2D eigenvalue weighted by Gasteiger charge is 2.14. The normalized spacial score (nSPS) is 12.5. The first-order chi connectivity index (χ1) is 9.93. The van der Waals surface area contributed by atoms with Crippen molar-refractivity contribution in [2.24, 2.45) is 7.05 Å². The summed E-state index contributed by atoms with van der Waals surface area (Å²) < 4.78 is 7.44. The van der Waals surface area contributed by atoms with Gasteiger partial charge in [-0.1, -0.05) is 36.2 Å². The molecule has 0 amide bonds. The maximum atomic E-state index is 9.52. The van der Waals surface area contributed by atoms with Crippen LogP contribution >= 0.6 is 23.2 Å². The van der Waals surface area contributed by atoms with E-state index < -0.39 is 6.10 Å². The highest BCUT2D eigenvalue weighted by molar-refractivity contribution is 6.32. The minimum atomic E-state index is -0.560. The van der Waals surface area contributed by atoms with E-state index in [0.717, 1.165) is 23.4 Å². The summed E-state index contributed by atoms with van der Waals surface area (Å²) in [6.07, 6.45) is 0.214. The second-order valence-electron chi connectivity index (χ2n) is 4.84. The van der Waals surface area contributed by atoms with Crippen molar-refractivity contribution in [1.82, 2.24) is 9.78 Å². The van der Waals surface area contributed by atoms with Crippen LogP contribution in [-0.4, -0.2) is 14.9 Å². The van der Waals surface area contributed by atoms with Gasteiger partial charge >= 0.3 is 0 Å². The van der Waals surface area contributed by atoms with E-state index in [-0.39, 0.29) is 6.61 Å². The summed E-state index contributed by atoms with van der Waals surface area (Å²) in [5.41, 5.74) is 2.41. The largest absolute Gasteiger partial charge is 0.486 e. The van der Waals surface area contributed by atoms with Crippen molar-refractivity contribution in [3.05, 3.63) is 45.2 Å². The fourth-order valence-electron chi connectivity index (χ4n) is 2.02. The van der Waals surface area contributed by atoms with Crippen molar-refractivity contribution in [2.45, 2.75) is 33.0 Å². The minimum absolute atomic E-state index is 0.288. The number of rotatable bonds is 5. The SMILES string of the molecule is CCc1nn(C)c(COc2ccc(C(C)O)cc2Cl)c1Cl. The van der Waals surface area contributed by atoms with E-state index in [1.54, 1.807) is 29.8 Å². The Bertz CT molecular complexity index is 639. The van der Waals surface area contributed by atoms with E-state index in [0.29, 0.717) is 15.8 Å². The van der Waals surface area contributed by atoms with Crippen molar-refractivity contribution < 1.29 is 9.84 Å². The molecule has 1 aromatic carbocycles. The Morgan fingerprint density at radius 2 is 2.10 bits per heavy atom. The molecule has 2 rings (SSSR count). The number of benzene rings is 1. The predicted molar refractivity (Wildman–Crippen MR) is 84.0 cm³/mol. The fourth-order valence-corrected chi connectivity index (χ4v) is 2.61. The Labute approximate surface area is 134 Å². The van der Waals surface area contributed by atoms with Gasteiger partial charge in [-0.15, -0.1) is 0 Å². The second-order valence-corrected chi connectivity index (χ2v) is 5.62. The van der Waals surface area contributed by atoms with E-state index in [1.165, 1.54) is 0 Å². The van der Waals surface area contributed by atoms with E-state index in [2.05, 4.69) is 5.10 Å². The molecule has 0 spiro atoms. The standard InChI is InChI=1S/C15H18Cl2N2O2/c1-4-12-15(17)13(19(3)18-12)8-21-14-6-5-10(9(2)20)7-11(14)16/h5-7,9,20H,4,8H2,1-3H3. The number of aromatic nitrogens is 2. The molecule has 0 bridgehead atoms. The molecule has 0 aliphatic rings. The van der Waals surface area contributed by atoms with Gasteiger partial charge in [0.25, 0.3) is 0 Å². The topological polar surface area (TPSA) is 47.3 Å². The summed E-state index contributed by atoms with van der Waals surface area (Å²) in [7, 11) is 1.84.